The van der Waals surface area contributed by atoms with Crippen molar-refractivity contribution in [1.82, 2.24) is 31.9 Å². The average molecular weight is 1360 g/mol. The molecule has 0 aliphatic carbocycles. The molecule has 2 aliphatic rings. The Balaban J connectivity index is 0.000000289. The van der Waals surface area contributed by atoms with E-state index in [1.54, 1.807) is 0 Å². The predicted molar refractivity (Wildman–Crippen MR) is 394 cm³/mol. The van der Waals surface area contributed by atoms with Crippen molar-refractivity contribution in [1.29, 1.82) is 0 Å². The summed E-state index contributed by atoms with van der Waals surface area (Å²) in [4.78, 5) is 54.6. The zero-order valence-electron chi connectivity index (χ0n) is 61.5. The molecule has 0 atom stereocenters. The molecule has 0 unspecified atom stereocenters. The van der Waals surface area contributed by atoms with Gasteiger partial charge in [-0.25, -0.2) is 0 Å². The van der Waals surface area contributed by atoms with Crippen LogP contribution in [0.2, 0.25) is 0 Å². The molecule has 0 saturated carbocycles. The van der Waals surface area contributed by atoms with Crippen LogP contribution in [0.1, 0.15) is 298 Å². The fourth-order valence-electron chi connectivity index (χ4n) is 12.2. The van der Waals surface area contributed by atoms with Crippen molar-refractivity contribution in [3.05, 3.63) is 269 Å². The van der Waals surface area contributed by atoms with E-state index in [1.807, 2.05) is 76.2 Å². The second-order valence-electron chi connectivity index (χ2n) is 28.0. The molecule has 0 radical (unpaired) electrons. The third-order valence-electron chi connectivity index (χ3n) is 17.4. The van der Waals surface area contributed by atoms with Gasteiger partial charge in [-0.15, -0.1) is 0 Å². The third kappa shape index (κ3) is 21.3. The summed E-state index contributed by atoms with van der Waals surface area (Å²) in [5.41, 5.74) is 20.3. The zero-order chi connectivity index (χ0) is 70.1. The van der Waals surface area contributed by atoms with Gasteiger partial charge in [-0.2, -0.15) is 0 Å². The first kappa shape index (κ1) is 79.4. The first-order chi connectivity index (χ1) is 44.9. The Morgan fingerprint density at radius 3 is 0.740 bits per heavy atom. The third-order valence-corrected chi connectivity index (χ3v) is 19.4. The minimum atomic E-state index is -0.108. The maximum atomic E-state index is 13.7. The fourth-order valence-corrected chi connectivity index (χ4v) is 13.8. The van der Waals surface area contributed by atoms with Crippen LogP contribution >= 0.6 is 0 Å². The number of amides is 4. The molecule has 0 bridgehead atoms. The molecule has 2 aliphatic heterocycles. The van der Waals surface area contributed by atoms with Crippen LogP contribution in [0.15, 0.2) is 202 Å². The Kier molecular flexibility index (Phi) is 30.5. The van der Waals surface area contributed by atoms with Crippen molar-refractivity contribution in [2.24, 2.45) is 0 Å². The van der Waals surface area contributed by atoms with E-state index in [9.17, 15) is 19.2 Å². The van der Waals surface area contributed by atoms with E-state index in [0.29, 0.717) is 12.8 Å². The molecule has 0 fully saturated rings. The van der Waals surface area contributed by atoms with Crippen LogP contribution < -0.4 is 39.6 Å². The summed E-state index contributed by atoms with van der Waals surface area (Å²) < 4.78 is 2.99. The molecule has 6 N–H and O–H groups in total. The van der Waals surface area contributed by atoms with E-state index in [0.717, 1.165) is 123 Å². The number of allylic oxidation sites excluding steroid dienone is 8. The van der Waals surface area contributed by atoms with Gasteiger partial charge in [-0.05, 0) is 146 Å². The molecular formula is C84H108N6O4Ti2. The summed E-state index contributed by atoms with van der Waals surface area (Å²) in [5, 5.41) is 19.7. The Bertz CT molecular complexity index is 3560. The van der Waals surface area contributed by atoms with Crippen LogP contribution in [0.3, 0.4) is 0 Å². The SMILES string of the molecule is CC1=CC(=C(C)NC(=O)c2c(C(C)C)cccc2C(C)C)NC(=C(C)NC(=O)c2c(C(C)C)cccc2C(C)C)C1.CC1=CC(=C(C)NC(=O)c2c(C(C)C)cccc2C(C)C)NC(=C(C)NC(=O)c2c(C(C)C)cccc2C(C)C)C1.[Ti].c1cc[c]([Ti][c]2ccccc2)cc1. The average Bonchev–Trinajstić information content (AvgIpc) is 0.938. The van der Waals surface area contributed by atoms with Crippen molar-refractivity contribution in [2.45, 2.75) is 213 Å². The molecule has 10 nitrogen and oxygen atoms in total. The van der Waals surface area contributed by atoms with Gasteiger partial charge in [0.05, 0.1) is 11.4 Å². The molecule has 12 heteroatoms. The molecule has 0 saturated heterocycles. The number of carbonyl (C=O) groups excluding carboxylic acids is 4. The number of nitrogens with one attached hydrogen (secondary N) is 6. The van der Waals surface area contributed by atoms with Crippen LogP contribution in [0.4, 0.5) is 0 Å². The molecular weight excluding hydrogens is 1250 g/mol. The summed E-state index contributed by atoms with van der Waals surface area (Å²) >= 11 is -0.108. The van der Waals surface area contributed by atoms with Crippen LogP contribution in [0.5, 0.6) is 0 Å². The molecule has 96 heavy (non-hydrogen) atoms. The number of benzene rings is 6. The van der Waals surface area contributed by atoms with Gasteiger partial charge in [0.25, 0.3) is 23.6 Å². The Hall–Kier alpha value is -7.33. The van der Waals surface area contributed by atoms with Crippen molar-refractivity contribution >= 4 is 31.4 Å². The first-order valence-corrected chi connectivity index (χ1v) is 35.8. The number of carbonyl (C=O) groups is 4. The van der Waals surface area contributed by atoms with Gasteiger partial charge in [0.2, 0.25) is 0 Å². The second kappa shape index (κ2) is 36.9. The molecule has 6 aromatic carbocycles. The topological polar surface area (TPSA) is 140 Å². The van der Waals surface area contributed by atoms with Crippen LogP contribution in [-0.2, 0) is 40.9 Å². The minimum absolute atomic E-state index is 0. The quantitative estimate of drug-likeness (QED) is 0.0474. The zero-order valence-corrected chi connectivity index (χ0v) is 64.6. The van der Waals surface area contributed by atoms with Gasteiger partial charge < -0.3 is 31.9 Å². The van der Waals surface area contributed by atoms with Crippen molar-refractivity contribution in [3.8, 4) is 0 Å². The molecule has 0 aromatic heterocycles. The van der Waals surface area contributed by atoms with E-state index in [2.05, 4.69) is 254 Å². The Labute approximate surface area is 600 Å². The van der Waals surface area contributed by atoms with Crippen LogP contribution in [-0.4, -0.2) is 23.6 Å². The molecule has 8 rings (SSSR count). The maximum absolute atomic E-state index is 13.7. The Morgan fingerprint density at radius 2 is 0.531 bits per heavy atom. The number of hydrogen-bond donors (Lipinski definition) is 6. The molecule has 506 valence electrons. The molecule has 4 amide bonds. The summed E-state index contributed by atoms with van der Waals surface area (Å²) in [6, 6.07) is 46.0. The molecule has 0 spiro atoms. The summed E-state index contributed by atoms with van der Waals surface area (Å²) in [7, 11) is 0. The molecule has 2 heterocycles. The number of hydrogen-bond acceptors (Lipinski definition) is 6. The van der Waals surface area contributed by atoms with Crippen molar-refractivity contribution < 1.29 is 60.0 Å². The fraction of sp³-hybridized carbons (Fsp3) is 0.381. The standard InChI is InChI=1S/2C36H49N3O2.2C6H5.2Ti/c2*1-20(2)27-14-12-15-28(21(3)4)33(27)35(40)37-25(10)31-18-24(9)19-32(39-31)26(11)38-36(41)34-29(22(5)6)16-13-17-30(34)23(7)8;2*1-2-4-6-5-3-1;;/h2*12-18,20-23,39H,19H2,1-11H3,(H,37,40)(H,38,41);2*1-5H;;. The van der Waals surface area contributed by atoms with Gasteiger partial charge in [-0.1, -0.05) is 195 Å². The van der Waals surface area contributed by atoms with Gasteiger partial charge in [0.15, 0.2) is 0 Å². The summed E-state index contributed by atoms with van der Waals surface area (Å²) in [6.07, 6.45) is 5.51. The van der Waals surface area contributed by atoms with Crippen LogP contribution in [0.25, 0.3) is 0 Å². The van der Waals surface area contributed by atoms with E-state index >= 15 is 0 Å². The van der Waals surface area contributed by atoms with E-state index in [4.69, 9.17) is 0 Å². The van der Waals surface area contributed by atoms with Gasteiger partial charge in [0.1, 0.15) is 0 Å². The predicted octanol–water partition coefficient (Wildman–Crippen LogP) is 19.2. The summed E-state index contributed by atoms with van der Waals surface area (Å²) in [5.74, 6) is 1.51. The van der Waals surface area contributed by atoms with E-state index in [-0.39, 0.29) is 112 Å². The normalized spacial score (nSPS) is 15.1. The Morgan fingerprint density at radius 1 is 0.323 bits per heavy atom. The van der Waals surface area contributed by atoms with Crippen LogP contribution in [0, 0.1) is 0 Å². The van der Waals surface area contributed by atoms with E-state index < -0.39 is 0 Å². The van der Waals surface area contributed by atoms with Gasteiger partial charge >= 0.3 is 87.6 Å². The van der Waals surface area contributed by atoms with Gasteiger partial charge in [-0.3, -0.25) is 19.2 Å². The van der Waals surface area contributed by atoms with Crippen molar-refractivity contribution in [2.75, 3.05) is 0 Å². The van der Waals surface area contributed by atoms with E-state index in [1.165, 1.54) is 7.74 Å². The second-order valence-corrected chi connectivity index (χ2v) is 30.2. The number of rotatable bonds is 18. The summed E-state index contributed by atoms with van der Waals surface area (Å²) in [6.45, 7) is 45.8. The first-order valence-electron chi connectivity index (χ1n) is 34.2. The molecule has 6 aromatic rings. The van der Waals surface area contributed by atoms with Gasteiger partial charge in [0, 0.05) is 91.0 Å². The monoisotopic (exact) mass is 1360 g/mol. The van der Waals surface area contributed by atoms with Crippen molar-refractivity contribution in [3.63, 3.8) is 0 Å².